The third-order valence-electron chi connectivity index (χ3n) is 6.31. The summed E-state index contributed by atoms with van der Waals surface area (Å²) in [5, 5.41) is 4.53. The highest BCUT2D eigenvalue weighted by Crippen LogP contribution is 2.25. The molecule has 6 heteroatoms. The number of carbonyl (C=O) groups is 1. The van der Waals surface area contributed by atoms with E-state index in [4.69, 9.17) is 4.74 Å². The summed E-state index contributed by atoms with van der Waals surface area (Å²) in [6.45, 7) is 5.07. The quantitative estimate of drug-likeness (QED) is 0.719. The average molecular weight is 397 g/mol. The minimum Gasteiger partial charge on any atom is -0.494 e. The summed E-state index contributed by atoms with van der Waals surface area (Å²) in [5.74, 6) is 1.88. The summed E-state index contributed by atoms with van der Waals surface area (Å²) in [5.41, 5.74) is 2.18. The number of likely N-dealkylation sites (tertiary alicyclic amines) is 2. The van der Waals surface area contributed by atoms with Gasteiger partial charge in [-0.15, -0.1) is 0 Å². The first kappa shape index (κ1) is 20.0. The third kappa shape index (κ3) is 4.99. The van der Waals surface area contributed by atoms with Crippen LogP contribution in [0.5, 0.6) is 5.75 Å². The number of benzene rings is 1. The highest BCUT2D eigenvalue weighted by Gasteiger charge is 2.23. The van der Waals surface area contributed by atoms with Crippen LogP contribution in [-0.4, -0.2) is 58.8 Å². The summed E-state index contributed by atoms with van der Waals surface area (Å²) in [6, 6.07) is 7.94. The molecule has 1 amide bonds. The van der Waals surface area contributed by atoms with Crippen molar-refractivity contribution in [2.75, 3.05) is 33.3 Å². The maximum atomic E-state index is 12.3. The van der Waals surface area contributed by atoms with Crippen molar-refractivity contribution in [2.24, 2.45) is 5.92 Å². The van der Waals surface area contributed by atoms with Crippen LogP contribution in [0, 0.1) is 5.92 Å². The molecule has 3 heterocycles. The zero-order valence-corrected chi connectivity index (χ0v) is 17.4. The number of carbonyl (C=O) groups excluding carboxylic acids is 1. The second-order valence-electron chi connectivity index (χ2n) is 8.31. The van der Waals surface area contributed by atoms with Crippen LogP contribution in [0.25, 0.3) is 5.69 Å². The lowest BCUT2D eigenvalue weighted by Crippen LogP contribution is -2.34. The minimum absolute atomic E-state index is 0.369. The van der Waals surface area contributed by atoms with Gasteiger partial charge in [-0.3, -0.25) is 9.69 Å². The van der Waals surface area contributed by atoms with Gasteiger partial charge >= 0.3 is 0 Å². The molecular weight excluding hydrogens is 364 g/mol. The Kier molecular flexibility index (Phi) is 6.49. The Morgan fingerprint density at radius 1 is 1.14 bits per heavy atom. The molecule has 0 aliphatic carbocycles. The molecule has 4 rings (SSSR count). The van der Waals surface area contributed by atoms with Crippen LogP contribution >= 0.6 is 0 Å². The topological polar surface area (TPSA) is 50.6 Å². The second kappa shape index (κ2) is 9.44. The molecule has 0 spiro atoms. The van der Waals surface area contributed by atoms with Crippen molar-refractivity contribution < 1.29 is 9.53 Å². The standard InChI is InChI=1S/C23H32N4O2/c1-29-22-7-3-2-6-21(22)27-18-20(16-24-27)17-25-14-10-19(11-15-25)8-9-23(28)26-12-4-5-13-26/h2-3,6-7,16,18-19H,4-5,8-15,17H2,1H3. The first-order chi connectivity index (χ1) is 14.2. The van der Waals surface area contributed by atoms with Gasteiger partial charge in [0.25, 0.3) is 0 Å². The molecule has 6 nitrogen and oxygen atoms in total. The van der Waals surface area contributed by atoms with Gasteiger partial charge in [0.1, 0.15) is 11.4 Å². The number of para-hydroxylation sites is 2. The molecule has 0 saturated carbocycles. The van der Waals surface area contributed by atoms with E-state index in [9.17, 15) is 4.79 Å². The maximum absolute atomic E-state index is 12.3. The van der Waals surface area contributed by atoms with Gasteiger partial charge in [-0.25, -0.2) is 4.68 Å². The van der Waals surface area contributed by atoms with E-state index in [-0.39, 0.29) is 0 Å². The van der Waals surface area contributed by atoms with E-state index < -0.39 is 0 Å². The van der Waals surface area contributed by atoms with Gasteiger partial charge in [0.05, 0.1) is 13.3 Å². The third-order valence-corrected chi connectivity index (χ3v) is 6.31. The van der Waals surface area contributed by atoms with Crippen molar-refractivity contribution in [2.45, 2.75) is 45.1 Å². The number of rotatable bonds is 7. The minimum atomic E-state index is 0.369. The van der Waals surface area contributed by atoms with Crippen molar-refractivity contribution in [1.29, 1.82) is 0 Å². The molecule has 2 aliphatic heterocycles. The number of aromatic nitrogens is 2. The SMILES string of the molecule is COc1ccccc1-n1cc(CN2CCC(CCC(=O)N3CCCC3)CC2)cn1. The van der Waals surface area contributed by atoms with Gasteiger partial charge in [0.15, 0.2) is 0 Å². The van der Waals surface area contributed by atoms with Crippen LogP contribution in [0.15, 0.2) is 36.7 Å². The Bertz CT molecular complexity index is 805. The fraction of sp³-hybridized carbons (Fsp3) is 0.565. The lowest BCUT2D eigenvalue weighted by atomic mass is 9.92. The lowest BCUT2D eigenvalue weighted by Gasteiger charge is -2.31. The Morgan fingerprint density at radius 3 is 2.66 bits per heavy atom. The smallest absolute Gasteiger partial charge is 0.222 e. The Hall–Kier alpha value is -2.34. The first-order valence-electron chi connectivity index (χ1n) is 10.9. The molecule has 2 fully saturated rings. The normalized spacial score (nSPS) is 18.3. The van der Waals surface area contributed by atoms with Crippen LogP contribution in [0.2, 0.25) is 0 Å². The van der Waals surface area contributed by atoms with Gasteiger partial charge in [0.2, 0.25) is 5.91 Å². The number of piperidine rings is 1. The van der Waals surface area contributed by atoms with Gasteiger partial charge in [-0.05, 0) is 63.2 Å². The predicted octanol–water partition coefficient (Wildman–Crippen LogP) is 3.50. The summed E-state index contributed by atoms with van der Waals surface area (Å²) in [7, 11) is 1.69. The molecule has 0 radical (unpaired) electrons. The van der Waals surface area contributed by atoms with E-state index in [2.05, 4.69) is 21.1 Å². The van der Waals surface area contributed by atoms with Gasteiger partial charge in [-0.1, -0.05) is 12.1 Å². The average Bonchev–Trinajstić information content (AvgIpc) is 3.45. The fourth-order valence-corrected chi connectivity index (χ4v) is 4.54. The molecule has 156 valence electrons. The first-order valence-corrected chi connectivity index (χ1v) is 10.9. The molecule has 0 atom stereocenters. The number of methoxy groups -OCH3 is 1. The number of amides is 1. The largest absolute Gasteiger partial charge is 0.494 e. The maximum Gasteiger partial charge on any atom is 0.222 e. The lowest BCUT2D eigenvalue weighted by molar-refractivity contribution is -0.130. The van der Waals surface area contributed by atoms with Crippen LogP contribution < -0.4 is 4.74 Å². The molecular formula is C23H32N4O2. The molecule has 0 unspecified atom stereocenters. The summed E-state index contributed by atoms with van der Waals surface area (Å²) in [6.07, 6.45) is 10.6. The highest BCUT2D eigenvalue weighted by molar-refractivity contribution is 5.76. The van der Waals surface area contributed by atoms with Gasteiger partial charge in [-0.2, -0.15) is 5.10 Å². The fourth-order valence-electron chi connectivity index (χ4n) is 4.54. The van der Waals surface area contributed by atoms with E-state index >= 15 is 0 Å². The van der Waals surface area contributed by atoms with E-state index in [0.29, 0.717) is 11.8 Å². The van der Waals surface area contributed by atoms with Crippen LogP contribution in [0.4, 0.5) is 0 Å². The van der Waals surface area contributed by atoms with Crippen LogP contribution in [0.3, 0.4) is 0 Å². The number of nitrogens with zero attached hydrogens (tertiary/aromatic N) is 4. The van der Waals surface area contributed by atoms with Crippen molar-refractivity contribution in [3.8, 4) is 11.4 Å². The molecule has 2 aliphatic rings. The Labute approximate surface area is 173 Å². The Morgan fingerprint density at radius 2 is 1.90 bits per heavy atom. The summed E-state index contributed by atoms with van der Waals surface area (Å²) >= 11 is 0. The van der Waals surface area contributed by atoms with Crippen molar-refractivity contribution >= 4 is 5.91 Å². The second-order valence-corrected chi connectivity index (χ2v) is 8.31. The van der Waals surface area contributed by atoms with E-state index in [1.807, 2.05) is 35.1 Å². The number of hydrogen-bond acceptors (Lipinski definition) is 4. The molecule has 0 bridgehead atoms. The summed E-state index contributed by atoms with van der Waals surface area (Å²) in [4.78, 5) is 16.8. The van der Waals surface area contributed by atoms with Crippen molar-refractivity contribution in [3.63, 3.8) is 0 Å². The monoisotopic (exact) mass is 396 g/mol. The van der Waals surface area contributed by atoms with Crippen LogP contribution in [0.1, 0.15) is 44.1 Å². The number of hydrogen-bond donors (Lipinski definition) is 0. The zero-order valence-electron chi connectivity index (χ0n) is 17.4. The highest BCUT2D eigenvalue weighted by atomic mass is 16.5. The van der Waals surface area contributed by atoms with E-state index in [0.717, 1.165) is 57.0 Å². The molecule has 1 aromatic carbocycles. The molecule has 0 N–H and O–H groups in total. The van der Waals surface area contributed by atoms with Crippen molar-refractivity contribution in [3.05, 3.63) is 42.2 Å². The molecule has 2 aromatic rings. The molecule has 2 saturated heterocycles. The van der Waals surface area contributed by atoms with E-state index in [1.54, 1.807) is 7.11 Å². The van der Waals surface area contributed by atoms with Crippen molar-refractivity contribution in [1.82, 2.24) is 19.6 Å². The summed E-state index contributed by atoms with van der Waals surface area (Å²) < 4.78 is 7.34. The number of ether oxygens (including phenoxy) is 1. The predicted molar refractivity (Wildman–Crippen MR) is 113 cm³/mol. The zero-order chi connectivity index (χ0) is 20.1. The molecule has 29 heavy (non-hydrogen) atoms. The molecule has 1 aromatic heterocycles. The Balaban J connectivity index is 1.24. The van der Waals surface area contributed by atoms with Crippen LogP contribution in [-0.2, 0) is 11.3 Å². The van der Waals surface area contributed by atoms with E-state index in [1.165, 1.54) is 31.2 Å². The van der Waals surface area contributed by atoms with Gasteiger partial charge < -0.3 is 9.64 Å². The van der Waals surface area contributed by atoms with Gasteiger partial charge in [0, 0.05) is 37.8 Å².